The van der Waals surface area contributed by atoms with Crippen molar-refractivity contribution in [2.45, 2.75) is 43.1 Å². The number of anilines is 1. The highest BCUT2D eigenvalue weighted by molar-refractivity contribution is 7.89. The van der Waals surface area contributed by atoms with Crippen molar-refractivity contribution in [2.75, 3.05) is 24.5 Å². The molecule has 0 saturated carbocycles. The summed E-state index contributed by atoms with van der Waals surface area (Å²) in [4.78, 5) is 15.3. The molecule has 2 aromatic carbocycles. The highest BCUT2D eigenvalue weighted by Gasteiger charge is 2.35. The van der Waals surface area contributed by atoms with Gasteiger partial charge in [0.1, 0.15) is 5.75 Å². The van der Waals surface area contributed by atoms with Gasteiger partial charge in [0.2, 0.25) is 10.0 Å². The molecule has 152 valence electrons. The van der Waals surface area contributed by atoms with E-state index in [2.05, 4.69) is 0 Å². The van der Waals surface area contributed by atoms with Crippen LogP contribution in [0.2, 0.25) is 0 Å². The molecule has 5 rings (SSSR count). The molecule has 1 amide bonds. The molecule has 0 bridgehead atoms. The molecular formula is C22H24N2O4S. The molecule has 3 heterocycles. The predicted molar refractivity (Wildman–Crippen MR) is 110 cm³/mol. The summed E-state index contributed by atoms with van der Waals surface area (Å²) in [6, 6.07) is 12.9. The second kappa shape index (κ2) is 7.15. The van der Waals surface area contributed by atoms with E-state index in [0.717, 1.165) is 48.2 Å². The van der Waals surface area contributed by atoms with Gasteiger partial charge in [0.15, 0.2) is 6.10 Å². The summed E-state index contributed by atoms with van der Waals surface area (Å²) in [5.74, 6) is 0.715. The fourth-order valence-corrected chi connectivity index (χ4v) is 6.10. The smallest absolute Gasteiger partial charge is 0.268 e. The molecule has 0 radical (unpaired) electrons. The van der Waals surface area contributed by atoms with E-state index in [-0.39, 0.29) is 5.91 Å². The summed E-state index contributed by atoms with van der Waals surface area (Å²) < 4.78 is 33.2. The van der Waals surface area contributed by atoms with Crippen LogP contribution in [0.5, 0.6) is 5.75 Å². The number of sulfonamides is 1. The minimum atomic E-state index is -3.46. The Balaban J connectivity index is 1.41. The van der Waals surface area contributed by atoms with E-state index in [1.54, 1.807) is 27.4 Å². The van der Waals surface area contributed by atoms with Gasteiger partial charge in [-0.25, -0.2) is 8.42 Å². The number of rotatable bonds is 3. The number of benzene rings is 2. The van der Waals surface area contributed by atoms with Crippen molar-refractivity contribution in [3.63, 3.8) is 0 Å². The summed E-state index contributed by atoms with van der Waals surface area (Å²) in [6.07, 6.45) is 3.46. The third-order valence-corrected chi connectivity index (χ3v) is 7.96. The summed E-state index contributed by atoms with van der Waals surface area (Å²) in [5, 5.41) is 0. The number of nitrogens with zero attached hydrogens (tertiary/aromatic N) is 2. The lowest BCUT2D eigenvalue weighted by Gasteiger charge is -2.31. The van der Waals surface area contributed by atoms with Crippen LogP contribution >= 0.6 is 0 Å². The Morgan fingerprint density at radius 3 is 2.55 bits per heavy atom. The Kier molecular flexibility index (Phi) is 4.59. The van der Waals surface area contributed by atoms with Crippen molar-refractivity contribution in [1.82, 2.24) is 4.31 Å². The third-order valence-electron chi connectivity index (χ3n) is 6.06. The number of fused-ring (bicyclic) bond motifs is 2. The van der Waals surface area contributed by atoms with Crippen molar-refractivity contribution in [1.29, 1.82) is 0 Å². The van der Waals surface area contributed by atoms with Crippen molar-refractivity contribution in [3.8, 4) is 5.75 Å². The Bertz CT molecular complexity index is 1040. The topological polar surface area (TPSA) is 66.9 Å². The van der Waals surface area contributed by atoms with Gasteiger partial charge in [-0.1, -0.05) is 18.2 Å². The number of carbonyl (C=O) groups excluding carboxylic acids is 1. The van der Waals surface area contributed by atoms with Gasteiger partial charge in [-0.2, -0.15) is 4.31 Å². The molecule has 0 aliphatic carbocycles. The molecule has 1 atom stereocenters. The summed E-state index contributed by atoms with van der Waals surface area (Å²) >= 11 is 0. The summed E-state index contributed by atoms with van der Waals surface area (Å²) in [6.45, 7) is 1.80. The van der Waals surface area contributed by atoms with E-state index < -0.39 is 16.1 Å². The predicted octanol–water partition coefficient (Wildman–Crippen LogP) is 2.75. The van der Waals surface area contributed by atoms with E-state index in [4.69, 9.17) is 4.74 Å². The largest absolute Gasteiger partial charge is 0.480 e. The Morgan fingerprint density at radius 2 is 1.76 bits per heavy atom. The van der Waals surface area contributed by atoms with E-state index in [9.17, 15) is 13.2 Å². The second-order valence-electron chi connectivity index (χ2n) is 7.91. The maximum Gasteiger partial charge on any atom is 0.268 e. The molecule has 3 aliphatic heterocycles. The maximum atomic E-state index is 13.2. The molecular weight excluding hydrogens is 388 g/mol. The van der Waals surface area contributed by atoms with Crippen LogP contribution in [0.15, 0.2) is 47.4 Å². The van der Waals surface area contributed by atoms with Crippen LogP contribution in [0.25, 0.3) is 0 Å². The van der Waals surface area contributed by atoms with E-state index in [1.165, 1.54) is 0 Å². The maximum absolute atomic E-state index is 13.2. The molecule has 0 spiro atoms. The van der Waals surface area contributed by atoms with E-state index in [1.807, 2.05) is 24.3 Å². The third kappa shape index (κ3) is 3.22. The highest BCUT2D eigenvalue weighted by Crippen LogP contribution is 2.34. The average molecular weight is 413 g/mol. The zero-order valence-electron chi connectivity index (χ0n) is 16.2. The Morgan fingerprint density at radius 1 is 0.966 bits per heavy atom. The van der Waals surface area contributed by atoms with Crippen molar-refractivity contribution >= 4 is 21.6 Å². The zero-order valence-corrected chi connectivity index (χ0v) is 17.0. The lowest BCUT2D eigenvalue weighted by molar-refractivity contribution is -0.124. The molecule has 29 heavy (non-hydrogen) atoms. The lowest BCUT2D eigenvalue weighted by atomic mass is 10.0. The molecule has 0 aromatic heterocycles. The average Bonchev–Trinajstić information content (AvgIpc) is 3.42. The quantitative estimate of drug-likeness (QED) is 0.778. The van der Waals surface area contributed by atoms with Gasteiger partial charge in [-0.05, 0) is 61.1 Å². The van der Waals surface area contributed by atoms with E-state index >= 15 is 0 Å². The van der Waals surface area contributed by atoms with Gasteiger partial charge >= 0.3 is 0 Å². The Hall–Kier alpha value is -2.38. The number of carbonyl (C=O) groups is 1. The first-order valence-electron chi connectivity index (χ1n) is 10.2. The fraction of sp³-hybridized carbons (Fsp3) is 0.409. The molecule has 7 heteroatoms. The molecule has 1 fully saturated rings. The van der Waals surface area contributed by atoms with Gasteiger partial charge < -0.3 is 9.64 Å². The van der Waals surface area contributed by atoms with Crippen LogP contribution in [-0.2, 0) is 27.7 Å². The zero-order chi connectivity index (χ0) is 20.0. The number of hydrogen-bond acceptors (Lipinski definition) is 4. The second-order valence-corrected chi connectivity index (χ2v) is 9.85. The van der Waals surface area contributed by atoms with Gasteiger partial charge in [-0.15, -0.1) is 0 Å². The monoisotopic (exact) mass is 412 g/mol. The van der Waals surface area contributed by atoms with Gasteiger partial charge in [-0.3, -0.25) is 4.79 Å². The number of ether oxygens (including phenoxy) is 1. The SMILES string of the molecule is O=C(C1Cc2ccccc2O1)N1CCCc2cc(S(=O)(=O)N3CCCC3)ccc21. The first-order chi connectivity index (χ1) is 14.0. The highest BCUT2D eigenvalue weighted by atomic mass is 32.2. The number of para-hydroxylation sites is 1. The van der Waals surface area contributed by atoms with Crippen molar-refractivity contribution in [3.05, 3.63) is 53.6 Å². The van der Waals surface area contributed by atoms with Gasteiger partial charge in [0.25, 0.3) is 5.91 Å². The number of hydrogen-bond donors (Lipinski definition) is 0. The van der Waals surface area contributed by atoms with Crippen LogP contribution in [0, 0.1) is 0 Å². The fourth-order valence-electron chi connectivity index (χ4n) is 4.53. The molecule has 3 aliphatic rings. The minimum Gasteiger partial charge on any atom is -0.480 e. The van der Waals surface area contributed by atoms with Crippen molar-refractivity contribution in [2.24, 2.45) is 0 Å². The normalized spacial score (nSPS) is 21.5. The first kappa shape index (κ1) is 18.6. The molecule has 2 aromatic rings. The molecule has 6 nitrogen and oxygen atoms in total. The summed E-state index contributed by atoms with van der Waals surface area (Å²) in [5.41, 5.74) is 2.77. The summed E-state index contributed by atoms with van der Waals surface area (Å²) in [7, 11) is -3.46. The van der Waals surface area contributed by atoms with Crippen LogP contribution in [0.3, 0.4) is 0 Å². The Labute approximate surface area is 171 Å². The van der Waals surface area contributed by atoms with Crippen LogP contribution in [-0.4, -0.2) is 44.4 Å². The number of amides is 1. The standard InChI is InChI=1S/C22H24N2O4S/c25-22(21-15-17-6-1-2-8-20(17)28-21)24-13-5-7-16-14-18(9-10-19(16)24)29(26,27)23-11-3-4-12-23/h1-2,6,8-10,14,21H,3-5,7,11-13,15H2. The van der Waals surface area contributed by atoms with Crippen LogP contribution in [0.4, 0.5) is 5.69 Å². The molecule has 0 N–H and O–H groups in total. The lowest BCUT2D eigenvalue weighted by Crippen LogP contribution is -2.44. The molecule has 1 saturated heterocycles. The van der Waals surface area contributed by atoms with Crippen LogP contribution in [0.1, 0.15) is 30.4 Å². The molecule has 1 unspecified atom stereocenters. The van der Waals surface area contributed by atoms with Crippen molar-refractivity contribution < 1.29 is 17.9 Å². The van der Waals surface area contributed by atoms with Crippen LogP contribution < -0.4 is 9.64 Å². The van der Waals surface area contributed by atoms with Gasteiger partial charge in [0, 0.05) is 31.7 Å². The number of aryl methyl sites for hydroxylation is 1. The van der Waals surface area contributed by atoms with E-state index in [0.29, 0.717) is 31.0 Å². The minimum absolute atomic E-state index is 0.0581. The van der Waals surface area contributed by atoms with Gasteiger partial charge in [0.05, 0.1) is 4.90 Å². The first-order valence-corrected chi connectivity index (χ1v) is 11.7.